The molecule has 0 aromatic heterocycles. The van der Waals surface area contributed by atoms with Gasteiger partial charge in [-0.1, -0.05) is 34.1 Å². The normalized spacial score (nSPS) is 18.2. The van der Waals surface area contributed by atoms with E-state index in [0.717, 1.165) is 43.0 Å². The number of benzene rings is 1. The molecule has 1 unspecified atom stereocenters. The van der Waals surface area contributed by atoms with Crippen LogP contribution in [-0.4, -0.2) is 45.0 Å². The fraction of sp³-hybridized carbons (Fsp3) is 0.611. The second-order valence-corrected chi connectivity index (χ2v) is 6.94. The Hall–Kier alpha value is -0.380. The molecular formula is C18H29BrIN3O2. The molecule has 1 aromatic rings. The van der Waals surface area contributed by atoms with Gasteiger partial charge < -0.3 is 20.1 Å². The van der Waals surface area contributed by atoms with Gasteiger partial charge in [0.1, 0.15) is 0 Å². The molecule has 2 N–H and O–H groups in total. The molecule has 0 spiro atoms. The average molecular weight is 526 g/mol. The van der Waals surface area contributed by atoms with Crippen molar-refractivity contribution >= 4 is 45.9 Å². The first-order valence-electron chi connectivity index (χ1n) is 8.52. The molecule has 0 radical (unpaired) electrons. The molecule has 7 heteroatoms. The van der Waals surface area contributed by atoms with Crippen molar-refractivity contribution in [1.82, 2.24) is 10.6 Å². The first-order chi connectivity index (χ1) is 11.6. The third-order valence-electron chi connectivity index (χ3n) is 4.43. The lowest BCUT2D eigenvalue weighted by atomic mass is 9.94. The van der Waals surface area contributed by atoms with E-state index in [2.05, 4.69) is 52.5 Å². The monoisotopic (exact) mass is 525 g/mol. The van der Waals surface area contributed by atoms with E-state index in [1.54, 1.807) is 7.11 Å². The van der Waals surface area contributed by atoms with Crippen LogP contribution in [0.2, 0.25) is 0 Å². The molecule has 1 fully saturated rings. The van der Waals surface area contributed by atoms with E-state index in [1.165, 1.54) is 5.56 Å². The van der Waals surface area contributed by atoms with Crippen molar-refractivity contribution in [3.05, 3.63) is 34.3 Å². The van der Waals surface area contributed by atoms with E-state index in [1.807, 2.05) is 12.1 Å². The van der Waals surface area contributed by atoms with Crippen molar-refractivity contribution in [3.63, 3.8) is 0 Å². The van der Waals surface area contributed by atoms with Crippen molar-refractivity contribution < 1.29 is 9.47 Å². The van der Waals surface area contributed by atoms with Gasteiger partial charge in [0.15, 0.2) is 5.96 Å². The zero-order valence-electron chi connectivity index (χ0n) is 15.2. The van der Waals surface area contributed by atoms with Crippen LogP contribution in [-0.2, 0) is 9.47 Å². The van der Waals surface area contributed by atoms with Gasteiger partial charge in [0.2, 0.25) is 0 Å². The van der Waals surface area contributed by atoms with Crippen molar-refractivity contribution in [1.29, 1.82) is 0 Å². The van der Waals surface area contributed by atoms with Gasteiger partial charge in [-0.25, -0.2) is 0 Å². The van der Waals surface area contributed by atoms with Crippen molar-refractivity contribution in [2.75, 3.05) is 33.4 Å². The molecule has 5 nitrogen and oxygen atoms in total. The van der Waals surface area contributed by atoms with E-state index >= 15 is 0 Å². The van der Waals surface area contributed by atoms with Crippen LogP contribution in [0.1, 0.15) is 38.3 Å². The van der Waals surface area contributed by atoms with E-state index in [-0.39, 0.29) is 35.6 Å². The summed E-state index contributed by atoms with van der Waals surface area (Å²) >= 11 is 3.61. The SMILES string of the molecule is CCNC(=NCC1(OC)CCOCC1)NC(C)c1ccccc1Br.I. The van der Waals surface area contributed by atoms with Gasteiger partial charge in [0, 0.05) is 44.2 Å². The number of ether oxygens (including phenoxy) is 2. The van der Waals surface area contributed by atoms with Crippen LogP contribution < -0.4 is 10.6 Å². The zero-order chi connectivity index (χ0) is 17.4. The highest BCUT2D eigenvalue weighted by atomic mass is 127. The molecule has 1 aromatic carbocycles. The summed E-state index contributed by atoms with van der Waals surface area (Å²) in [5.41, 5.74) is 0.993. The quantitative estimate of drug-likeness (QED) is 0.336. The summed E-state index contributed by atoms with van der Waals surface area (Å²) < 4.78 is 12.3. The molecule has 25 heavy (non-hydrogen) atoms. The molecule has 2 rings (SSSR count). The van der Waals surface area contributed by atoms with E-state index < -0.39 is 0 Å². The number of rotatable bonds is 6. The largest absolute Gasteiger partial charge is 0.381 e. The third kappa shape index (κ3) is 6.69. The predicted molar refractivity (Wildman–Crippen MR) is 117 cm³/mol. The highest BCUT2D eigenvalue weighted by molar-refractivity contribution is 14.0. The second-order valence-electron chi connectivity index (χ2n) is 6.08. The molecule has 0 bridgehead atoms. The van der Waals surface area contributed by atoms with Crippen LogP contribution in [0.15, 0.2) is 33.7 Å². The van der Waals surface area contributed by atoms with Gasteiger partial charge in [0.25, 0.3) is 0 Å². The van der Waals surface area contributed by atoms with Gasteiger partial charge in [-0.05, 0) is 25.5 Å². The summed E-state index contributed by atoms with van der Waals surface area (Å²) in [6.45, 7) is 7.12. The standard InChI is InChI=1S/C18H28BrN3O2.HI/c1-4-20-17(21-13-18(23-3)9-11-24-12-10-18)22-14(2)15-7-5-6-8-16(15)19;/h5-8,14H,4,9-13H2,1-3H3,(H2,20,21,22);1H. The Bertz CT molecular complexity index is 551. The Labute approximate surface area is 176 Å². The second kappa shape index (κ2) is 11.4. The Morgan fingerprint density at radius 3 is 2.64 bits per heavy atom. The lowest BCUT2D eigenvalue weighted by Gasteiger charge is -2.34. The lowest BCUT2D eigenvalue weighted by Crippen LogP contribution is -2.44. The topological polar surface area (TPSA) is 54.9 Å². The molecule has 1 saturated heterocycles. The van der Waals surface area contributed by atoms with Crippen LogP contribution in [0, 0.1) is 0 Å². The van der Waals surface area contributed by atoms with Crippen LogP contribution in [0.3, 0.4) is 0 Å². The molecule has 1 aliphatic rings. The molecule has 0 saturated carbocycles. The molecular weight excluding hydrogens is 497 g/mol. The number of hydrogen-bond acceptors (Lipinski definition) is 3. The van der Waals surface area contributed by atoms with Gasteiger partial charge in [0.05, 0.1) is 18.2 Å². The predicted octanol–water partition coefficient (Wildman–Crippen LogP) is 3.88. The summed E-state index contributed by atoms with van der Waals surface area (Å²) in [7, 11) is 1.77. The highest BCUT2D eigenvalue weighted by Gasteiger charge is 2.32. The maximum atomic E-state index is 5.77. The summed E-state index contributed by atoms with van der Waals surface area (Å²) in [5, 5.41) is 6.80. The van der Waals surface area contributed by atoms with E-state index in [0.29, 0.717) is 6.54 Å². The summed E-state index contributed by atoms with van der Waals surface area (Å²) in [6.07, 6.45) is 1.76. The number of halogens is 2. The molecule has 1 atom stereocenters. The van der Waals surface area contributed by atoms with E-state index in [4.69, 9.17) is 14.5 Å². The Morgan fingerprint density at radius 1 is 1.36 bits per heavy atom. The van der Waals surface area contributed by atoms with Gasteiger partial charge >= 0.3 is 0 Å². The Kier molecular flexibility index (Phi) is 10.3. The number of hydrogen-bond donors (Lipinski definition) is 2. The summed E-state index contributed by atoms with van der Waals surface area (Å²) in [5.74, 6) is 0.809. The average Bonchev–Trinajstić information content (AvgIpc) is 2.61. The number of methoxy groups -OCH3 is 1. The Balaban J connectivity index is 0.00000312. The van der Waals surface area contributed by atoms with Gasteiger partial charge in [-0.2, -0.15) is 0 Å². The van der Waals surface area contributed by atoms with Gasteiger partial charge in [-0.3, -0.25) is 4.99 Å². The van der Waals surface area contributed by atoms with Crippen LogP contribution in [0.5, 0.6) is 0 Å². The molecule has 1 heterocycles. The van der Waals surface area contributed by atoms with Crippen LogP contribution >= 0.6 is 39.9 Å². The summed E-state index contributed by atoms with van der Waals surface area (Å²) in [4.78, 5) is 4.77. The number of nitrogens with zero attached hydrogens (tertiary/aromatic N) is 1. The van der Waals surface area contributed by atoms with Crippen molar-refractivity contribution in [2.45, 2.75) is 38.3 Å². The third-order valence-corrected chi connectivity index (χ3v) is 5.15. The van der Waals surface area contributed by atoms with Crippen molar-refractivity contribution in [3.8, 4) is 0 Å². The smallest absolute Gasteiger partial charge is 0.191 e. The van der Waals surface area contributed by atoms with Crippen LogP contribution in [0.4, 0.5) is 0 Å². The minimum atomic E-state index is -0.211. The highest BCUT2D eigenvalue weighted by Crippen LogP contribution is 2.25. The molecule has 1 aliphatic heterocycles. The fourth-order valence-electron chi connectivity index (χ4n) is 2.82. The minimum Gasteiger partial charge on any atom is -0.381 e. The molecule has 0 aliphatic carbocycles. The maximum absolute atomic E-state index is 5.77. The lowest BCUT2D eigenvalue weighted by molar-refractivity contribution is -0.0828. The molecule has 142 valence electrons. The number of nitrogens with one attached hydrogen (secondary N) is 2. The zero-order valence-corrected chi connectivity index (χ0v) is 19.1. The summed E-state index contributed by atoms with van der Waals surface area (Å²) in [6, 6.07) is 8.38. The number of aliphatic imine (C=N–C) groups is 1. The Morgan fingerprint density at radius 2 is 2.04 bits per heavy atom. The minimum absolute atomic E-state index is 0. The van der Waals surface area contributed by atoms with Gasteiger partial charge in [-0.15, -0.1) is 24.0 Å². The molecule has 0 amide bonds. The van der Waals surface area contributed by atoms with E-state index in [9.17, 15) is 0 Å². The first-order valence-corrected chi connectivity index (χ1v) is 9.31. The van der Waals surface area contributed by atoms with Crippen LogP contribution in [0.25, 0.3) is 0 Å². The maximum Gasteiger partial charge on any atom is 0.191 e. The fourth-order valence-corrected chi connectivity index (χ4v) is 3.45. The first kappa shape index (κ1) is 22.7. The number of guanidine groups is 1. The van der Waals surface area contributed by atoms with Crippen molar-refractivity contribution in [2.24, 2.45) is 4.99 Å².